The van der Waals surface area contributed by atoms with Crippen LogP contribution in [0.15, 0.2) is 35.5 Å². The zero-order chi connectivity index (χ0) is 18.7. The zero-order valence-electron chi connectivity index (χ0n) is 16.5. The van der Waals surface area contributed by atoms with Gasteiger partial charge in [-0.2, -0.15) is 0 Å². The van der Waals surface area contributed by atoms with Gasteiger partial charge >= 0.3 is 0 Å². The molecule has 0 aromatic carbocycles. The van der Waals surface area contributed by atoms with Crippen LogP contribution < -0.4 is 5.32 Å². The summed E-state index contributed by atoms with van der Waals surface area (Å²) in [5, 5.41) is 3.16. The number of allylic oxidation sites excluding steroid dienone is 6. The van der Waals surface area contributed by atoms with E-state index in [9.17, 15) is 9.59 Å². The van der Waals surface area contributed by atoms with Crippen molar-refractivity contribution < 1.29 is 9.59 Å². The Morgan fingerprint density at radius 1 is 1.27 bits per heavy atom. The van der Waals surface area contributed by atoms with Crippen molar-refractivity contribution in [3.8, 4) is 0 Å². The van der Waals surface area contributed by atoms with Crippen molar-refractivity contribution in [2.75, 3.05) is 0 Å². The summed E-state index contributed by atoms with van der Waals surface area (Å²) in [6, 6.07) is 0.235. The number of carbonyl (C=O) groups excluding carboxylic acids is 2. The van der Waals surface area contributed by atoms with Crippen LogP contribution in [0.2, 0.25) is 0 Å². The van der Waals surface area contributed by atoms with Crippen LogP contribution in [-0.2, 0) is 9.59 Å². The Kier molecular flexibility index (Phi) is 4.05. The quantitative estimate of drug-likeness (QED) is 0.750. The number of amides is 1. The topological polar surface area (TPSA) is 46.2 Å². The molecule has 4 rings (SSSR count). The van der Waals surface area contributed by atoms with E-state index in [4.69, 9.17) is 0 Å². The maximum Gasteiger partial charge on any atom is 0.217 e. The van der Waals surface area contributed by atoms with E-state index in [1.54, 1.807) is 18.6 Å². The summed E-state index contributed by atoms with van der Waals surface area (Å²) in [5.74, 6) is 2.06. The maximum absolute atomic E-state index is 11.8. The maximum atomic E-state index is 11.8. The lowest BCUT2D eigenvalue weighted by atomic mass is 9.52. The number of fused-ring (bicyclic) bond motifs is 5. The largest absolute Gasteiger partial charge is 0.354 e. The molecule has 1 amide bonds. The van der Waals surface area contributed by atoms with Crippen molar-refractivity contribution in [3.63, 3.8) is 0 Å². The van der Waals surface area contributed by atoms with Crippen LogP contribution in [0.25, 0.3) is 0 Å². The third kappa shape index (κ3) is 2.46. The van der Waals surface area contributed by atoms with Gasteiger partial charge in [0.1, 0.15) is 0 Å². The summed E-state index contributed by atoms with van der Waals surface area (Å²) in [4.78, 5) is 23.4. The van der Waals surface area contributed by atoms with Crippen molar-refractivity contribution in [1.29, 1.82) is 0 Å². The Bertz CT molecular complexity index is 745. The van der Waals surface area contributed by atoms with E-state index >= 15 is 0 Å². The molecular formula is C23H31NO2. The third-order valence-electron chi connectivity index (χ3n) is 8.05. The third-order valence-corrected chi connectivity index (χ3v) is 8.05. The average Bonchev–Trinajstić information content (AvgIpc) is 2.92. The molecule has 2 fully saturated rings. The van der Waals surface area contributed by atoms with Gasteiger partial charge in [-0.15, -0.1) is 0 Å². The minimum atomic E-state index is -0.0561. The second kappa shape index (κ2) is 5.94. The first-order valence-electron chi connectivity index (χ1n) is 10.2. The smallest absolute Gasteiger partial charge is 0.217 e. The molecule has 1 N–H and O–H groups in total. The number of carbonyl (C=O) groups is 2. The van der Waals surface area contributed by atoms with E-state index in [1.807, 2.05) is 6.08 Å². The van der Waals surface area contributed by atoms with Crippen molar-refractivity contribution >= 4 is 11.7 Å². The monoisotopic (exact) mass is 353 g/mol. The van der Waals surface area contributed by atoms with E-state index in [0.29, 0.717) is 17.8 Å². The molecule has 26 heavy (non-hydrogen) atoms. The fourth-order valence-corrected chi connectivity index (χ4v) is 6.80. The van der Waals surface area contributed by atoms with Crippen LogP contribution in [-0.4, -0.2) is 17.7 Å². The van der Waals surface area contributed by atoms with Crippen molar-refractivity contribution in [1.82, 2.24) is 5.32 Å². The lowest BCUT2D eigenvalue weighted by molar-refractivity contribution is -0.120. The van der Waals surface area contributed by atoms with Crippen LogP contribution in [0.5, 0.6) is 0 Å². The minimum Gasteiger partial charge on any atom is -0.354 e. The predicted octanol–water partition coefficient (Wildman–Crippen LogP) is 4.36. The molecule has 2 saturated carbocycles. The molecule has 0 spiro atoms. The number of hydrogen-bond acceptors (Lipinski definition) is 2. The first-order valence-corrected chi connectivity index (χ1v) is 10.2. The first kappa shape index (κ1) is 17.8. The number of ketones is 1. The molecule has 0 heterocycles. The summed E-state index contributed by atoms with van der Waals surface area (Å²) >= 11 is 0. The van der Waals surface area contributed by atoms with Gasteiger partial charge in [-0.25, -0.2) is 0 Å². The Morgan fingerprint density at radius 3 is 2.77 bits per heavy atom. The number of rotatable bonds is 2. The number of hydrogen-bond donors (Lipinski definition) is 1. The summed E-state index contributed by atoms with van der Waals surface area (Å²) in [7, 11) is 0. The molecule has 1 unspecified atom stereocenters. The predicted molar refractivity (Wildman–Crippen MR) is 103 cm³/mol. The van der Waals surface area contributed by atoms with Gasteiger partial charge in [-0.3, -0.25) is 9.59 Å². The van der Waals surface area contributed by atoms with E-state index in [0.717, 1.165) is 19.3 Å². The molecule has 0 aromatic rings. The molecule has 6 atom stereocenters. The van der Waals surface area contributed by atoms with Gasteiger partial charge in [0.15, 0.2) is 5.78 Å². The van der Waals surface area contributed by atoms with E-state index in [1.165, 1.54) is 18.4 Å². The molecule has 0 aromatic heterocycles. The minimum absolute atomic E-state index is 0.0561. The lowest BCUT2D eigenvalue weighted by Crippen LogP contribution is -2.48. The second-order valence-corrected chi connectivity index (χ2v) is 9.40. The summed E-state index contributed by atoms with van der Waals surface area (Å²) in [5.41, 5.74) is 3.06. The Hall–Kier alpha value is -1.64. The second-order valence-electron chi connectivity index (χ2n) is 9.40. The first-order chi connectivity index (χ1) is 12.3. The van der Waals surface area contributed by atoms with Crippen molar-refractivity contribution in [2.45, 2.75) is 65.8 Å². The Morgan fingerprint density at radius 2 is 2.04 bits per heavy atom. The highest BCUT2D eigenvalue weighted by molar-refractivity contribution is 6.01. The molecule has 0 bridgehead atoms. The highest BCUT2D eigenvalue weighted by Crippen LogP contribution is 2.64. The van der Waals surface area contributed by atoms with Crippen LogP contribution in [0.4, 0.5) is 0 Å². The van der Waals surface area contributed by atoms with Gasteiger partial charge in [0, 0.05) is 18.4 Å². The van der Waals surface area contributed by atoms with Gasteiger partial charge in [-0.1, -0.05) is 30.2 Å². The molecule has 0 radical (unpaired) electrons. The summed E-state index contributed by atoms with van der Waals surface area (Å²) in [6.45, 7) is 8.55. The highest BCUT2D eigenvalue weighted by Gasteiger charge is 2.56. The molecule has 4 aliphatic carbocycles. The summed E-state index contributed by atoms with van der Waals surface area (Å²) < 4.78 is 0. The van der Waals surface area contributed by atoms with E-state index in [-0.39, 0.29) is 28.6 Å². The van der Waals surface area contributed by atoms with Crippen LogP contribution >= 0.6 is 0 Å². The van der Waals surface area contributed by atoms with E-state index < -0.39 is 0 Å². The lowest BCUT2D eigenvalue weighted by Gasteiger charge is -2.53. The van der Waals surface area contributed by atoms with Crippen molar-refractivity contribution in [2.24, 2.45) is 28.6 Å². The Labute approximate surface area is 157 Å². The molecule has 4 aliphatic rings. The summed E-state index contributed by atoms with van der Waals surface area (Å²) in [6.07, 6.45) is 14.0. The van der Waals surface area contributed by atoms with Crippen LogP contribution in [0.3, 0.4) is 0 Å². The average molecular weight is 354 g/mol. The molecular weight excluding hydrogens is 322 g/mol. The van der Waals surface area contributed by atoms with Crippen LogP contribution in [0.1, 0.15) is 59.8 Å². The van der Waals surface area contributed by atoms with Gasteiger partial charge < -0.3 is 5.32 Å². The highest BCUT2D eigenvalue weighted by atomic mass is 16.1. The molecule has 140 valence electrons. The molecule has 3 nitrogen and oxygen atoms in total. The fraction of sp³-hybridized carbons (Fsp3) is 0.652. The molecule has 0 aliphatic heterocycles. The van der Waals surface area contributed by atoms with Gasteiger partial charge in [0.2, 0.25) is 5.91 Å². The van der Waals surface area contributed by atoms with Crippen molar-refractivity contribution in [3.05, 3.63) is 35.5 Å². The van der Waals surface area contributed by atoms with Gasteiger partial charge in [0.05, 0.1) is 0 Å². The molecule has 0 saturated heterocycles. The fourth-order valence-electron chi connectivity index (χ4n) is 6.80. The number of nitrogens with one attached hydrogen (secondary N) is 1. The van der Waals surface area contributed by atoms with Crippen LogP contribution in [0, 0.1) is 28.6 Å². The molecule has 3 heteroatoms. The van der Waals surface area contributed by atoms with E-state index in [2.05, 4.69) is 38.2 Å². The Balaban J connectivity index is 1.67. The van der Waals surface area contributed by atoms with Gasteiger partial charge in [0.25, 0.3) is 0 Å². The standard InChI is InChI=1S/C23H31NO2/c1-14(24-15(2)25)19-7-8-20-18-6-5-16-13-17(26)9-11-22(16,3)21(18)10-12-23(19,20)4/h9-11,13-14,18-20H,5-8,12H2,1-4H3,(H,24,25)/t14?,18-,19+,20-,22-,23+/m0/s1. The zero-order valence-corrected chi connectivity index (χ0v) is 16.5. The van der Waals surface area contributed by atoms with Gasteiger partial charge in [-0.05, 0) is 81.3 Å². The SMILES string of the molecule is CC(=O)NC(C)[C@H]1CC[C@H]2[C@@H]3CCC4=CC(=O)C=C[C@]4(C)C3=CC[C@]12C. The normalized spacial score (nSPS) is 42.2.